The van der Waals surface area contributed by atoms with Crippen LogP contribution >= 0.6 is 0 Å². The number of carbonyl (C=O) groups is 1. The predicted molar refractivity (Wildman–Crippen MR) is 109 cm³/mol. The van der Waals surface area contributed by atoms with Gasteiger partial charge < -0.3 is 25.8 Å². The fraction of sp³-hybridized carbons (Fsp3) is 0.500. The van der Waals surface area contributed by atoms with Crippen molar-refractivity contribution in [3.05, 3.63) is 35.9 Å². The minimum atomic E-state index is -2.78. The molecule has 2 fully saturated rings. The zero-order chi connectivity index (χ0) is 21.3. The summed E-state index contributed by atoms with van der Waals surface area (Å²) in [6.45, 7) is -0.385. The van der Waals surface area contributed by atoms with E-state index in [4.69, 9.17) is 5.41 Å². The Kier molecular flexibility index (Phi) is 5.40. The monoisotopic (exact) mass is 417 g/mol. The Balaban J connectivity index is 1.51. The summed E-state index contributed by atoms with van der Waals surface area (Å²) in [6, 6.07) is 1.42. The fourth-order valence-corrected chi connectivity index (χ4v) is 4.38. The number of anilines is 1. The van der Waals surface area contributed by atoms with Crippen molar-refractivity contribution in [2.24, 2.45) is 0 Å². The molecule has 0 aliphatic carbocycles. The molecule has 0 saturated carbocycles. The second-order valence-electron chi connectivity index (χ2n) is 7.84. The maximum Gasteiger partial charge on any atom is 0.320 e. The molecular weight excluding hydrogens is 392 g/mol. The van der Waals surface area contributed by atoms with Gasteiger partial charge in [-0.05, 0) is 30.9 Å². The largest absolute Gasteiger partial charge is 0.392 e. The number of nitrogens with one attached hydrogen (secondary N) is 3. The van der Waals surface area contributed by atoms with Crippen LogP contribution in [-0.4, -0.2) is 70.2 Å². The summed E-state index contributed by atoms with van der Waals surface area (Å²) >= 11 is 0. The molecule has 3 aliphatic heterocycles. The number of alkyl halides is 2. The Morgan fingerprint density at radius 3 is 2.90 bits per heavy atom. The molecule has 2 unspecified atom stereocenters. The highest BCUT2D eigenvalue weighted by atomic mass is 19.3. The highest BCUT2D eigenvalue weighted by molar-refractivity contribution is 5.80. The Labute approximate surface area is 173 Å². The van der Waals surface area contributed by atoms with Crippen LogP contribution < -0.4 is 10.6 Å². The Hall–Kier alpha value is -3.04. The van der Waals surface area contributed by atoms with Crippen molar-refractivity contribution in [2.75, 3.05) is 25.5 Å². The summed E-state index contributed by atoms with van der Waals surface area (Å²) in [5, 5.41) is 13.3. The van der Waals surface area contributed by atoms with Crippen LogP contribution in [0.15, 0.2) is 30.2 Å². The van der Waals surface area contributed by atoms with Gasteiger partial charge >= 0.3 is 6.03 Å². The fourth-order valence-electron chi connectivity index (χ4n) is 4.38. The molecule has 0 spiro atoms. The van der Waals surface area contributed by atoms with E-state index in [-0.39, 0.29) is 31.1 Å². The number of amides is 2. The second kappa shape index (κ2) is 8.00. The summed E-state index contributed by atoms with van der Waals surface area (Å²) in [7, 11) is 1.74. The summed E-state index contributed by atoms with van der Waals surface area (Å²) < 4.78 is 27.1. The van der Waals surface area contributed by atoms with E-state index in [1.165, 1.54) is 4.90 Å². The first-order valence-corrected chi connectivity index (χ1v) is 10.0. The van der Waals surface area contributed by atoms with Crippen LogP contribution in [0.3, 0.4) is 0 Å². The molecule has 8 nitrogen and oxygen atoms in total. The van der Waals surface area contributed by atoms with Crippen molar-refractivity contribution in [1.82, 2.24) is 25.1 Å². The van der Waals surface area contributed by atoms with Crippen molar-refractivity contribution in [1.29, 1.82) is 5.41 Å². The van der Waals surface area contributed by atoms with Gasteiger partial charge in [0.2, 0.25) is 5.95 Å². The molecule has 2 atom stereocenters. The van der Waals surface area contributed by atoms with E-state index in [9.17, 15) is 13.6 Å². The quantitative estimate of drug-likeness (QED) is 0.640. The zero-order valence-corrected chi connectivity index (χ0v) is 16.7. The van der Waals surface area contributed by atoms with Gasteiger partial charge in [0.05, 0.1) is 24.0 Å². The topological polar surface area (TPSA) is 97.2 Å². The van der Waals surface area contributed by atoms with Crippen LogP contribution in [0.25, 0.3) is 5.57 Å². The first-order valence-electron chi connectivity index (χ1n) is 10.0. The van der Waals surface area contributed by atoms with Crippen LogP contribution in [0.4, 0.5) is 19.5 Å². The van der Waals surface area contributed by atoms with Crippen LogP contribution in [0.5, 0.6) is 0 Å². The third-order valence-corrected chi connectivity index (χ3v) is 5.75. The minimum Gasteiger partial charge on any atom is -0.392 e. The van der Waals surface area contributed by atoms with E-state index >= 15 is 0 Å². The molecule has 4 heterocycles. The lowest BCUT2D eigenvalue weighted by atomic mass is 9.98. The number of urea groups is 1. The van der Waals surface area contributed by atoms with E-state index in [0.29, 0.717) is 18.1 Å². The molecule has 160 valence electrons. The average molecular weight is 417 g/mol. The summed E-state index contributed by atoms with van der Waals surface area (Å²) in [6.07, 6.45) is 8.52. The Bertz CT molecular complexity index is 901. The van der Waals surface area contributed by atoms with Crippen molar-refractivity contribution < 1.29 is 13.6 Å². The zero-order valence-electron chi connectivity index (χ0n) is 16.7. The molecule has 0 radical (unpaired) electrons. The standard InChI is InChI=1S/C20H25F2N7O/c1-24-11-14(10-23)26-18-25-6-4-17(27-18)13-8-15-2-3-16(9-13)29(15)19(30)28-7-5-20(21,22)12-28/h4,6,8,10-11,15-16,23-24H,2-3,5,7,9,12H2,1H3,(H,25,26,27)/b14-11+,23-10?. The van der Waals surface area contributed by atoms with Crippen LogP contribution in [0.1, 0.15) is 31.4 Å². The van der Waals surface area contributed by atoms with Crippen molar-refractivity contribution in [3.8, 4) is 0 Å². The summed E-state index contributed by atoms with van der Waals surface area (Å²) in [5.41, 5.74) is 2.31. The first-order chi connectivity index (χ1) is 14.4. The lowest BCUT2D eigenvalue weighted by molar-refractivity contribution is 0.0132. The second-order valence-corrected chi connectivity index (χ2v) is 7.84. The van der Waals surface area contributed by atoms with Crippen molar-refractivity contribution in [2.45, 2.75) is 43.7 Å². The molecule has 30 heavy (non-hydrogen) atoms. The molecule has 3 N–H and O–H groups in total. The van der Waals surface area contributed by atoms with Gasteiger partial charge in [-0.3, -0.25) is 0 Å². The van der Waals surface area contributed by atoms with E-state index in [1.807, 2.05) is 12.1 Å². The van der Waals surface area contributed by atoms with E-state index < -0.39 is 12.5 Å². The lowest BCUT2D eigenvalue weighted by Gasteiger charge is -2.36. The third kappa shape index (κ3) is 3.99. The number of likely N-dealkylation sites (tertiary alicyclic amines) is 1. The molecule has 3 aliphatic rings. The lowest BCUT2D eigenvalue weighted by Crippen LogP contribution is -2.49. The molecular formula is C20H25F2N7O. The van der Waals surface area contributed by atoms with Crippen LogP contribution in [-0.2, 0) is 0 Å². The number of aromatic nitrogens is 2. The van der Waals surface area contributed by atoms with Gasteiger partial charge in [0.15, 0.2) is 0 Å². The normalized spacial score (nSPS) is 25.2. The molecule has 1 aromatic rings. The molecule has 1 aromatic heterocycles. The average Bonchev–Trinajstić information content (AvgIpc) is 3.22. The number of nitrogens with zero attached hydrogens (tertiary/aromatic N) is 4. The number of fused-ring (bicyclic) bond motifs is 2. The summed E-state index contributed by atoms with van der Waals surface area (Å²) in [5.74, 6) is -2.41. The van der Waals surface area contributed by atoms with Crippen LogP contribution in [0.2, 0.25) is 0 Å². The molecule has 2 bridgehead atoms. The van der Waals surface area contributed by atoms with Crippen LogP contribution in [0, 0.1) is 5.41 Å². The van der Waals surface area contributed by atoms with Gasteiger partial charge in [-0.25, -0.2) is 23.5 Å². The SMILES string of the molecule is CN/C=C(\C=N)Nc1nccc(C2=CC3CCC(C2)N3C(=O)N2CCC(F)(F)C2)n1. The first kappa shape index (κ1) is 20.2. The van der Waals surface area contributed by atoms with Crippen molar-refractivity contribution in [3.63, 3.8) is 0 Å². The summed E-state index contributed by atoms with van der Waals surface area (Å²) in [4.78, 5) is 24.7. The predicted octanol–water partition coefficient (Wildman–Crippen LogP) is 2.68. The number of hydrogen-bond acceptors (Lipinski definition) is 6. The van der Waals surface area contributed by atoms with Gasteiger partial charge in [-0.2, -0.15) is 0 Å². The number of hydrogen-bond donors (Lipinski definition) is 3. The number of allylic oxidation sites excluding steroid dienone is 1. The Morgan fingerprint density at radius 2 is 2.23 bits per heavy atom. The van der Waals surface area contributed by atoms with Crippen molar-refractivity contribution >= 4 is 23.8 Å². The van der Waals surface area contributed by atoms with Gasteiger partial charge in [0, 0.05) is 44.7 Å². The van der Waals surface area contributed by atoms with Gasteiger partial charge in [0.25, 0.3) is 5.92 Å². The minimum absolute atomic E-state index is 0.00980. The van der Waals surface area contributed by atoms with Gasteiger partial charge in [0.1, 0.15) is 0 Å². The molecule has 4 rings (SSSR count). The molecule has 10 heteroatoms. The smallest absolute Gasteiger partial charge is 0.320 e. The number of halogens is 2. The molecule has 2 saturated heterocycles. The number of carbonyl (C=O) groups excluding carboxylic acids is 1. The third-order valence-electron chi connectivity index (χ3n) is 5.75. The Morgan fingerprint density at radius 1 is 1.40 bits per heavy atom. The van der Waals surface area contributed by atoms with Gasteiger partial charge in [-0.15, -0.1) is 0 Å². The molecule has 0 aromatic carbocycles. The van der Waals surface area contributed by atoms with E-state index in [1.54, 1.807) is 24.3 Å². The highest BCUT2D eigenvalue weighted by Crippen LogP contribution is 2.39. The van der Waals surface area contributed by atoms with E-state index in [0.717, 1.165) is 30.3 Å². The molecule has 2 amide bonds. The maximum atomic E-state index is 13.6. The highest BCUT2D eigenvalue weighted by Gasteiger charge is 2.46. The number of rotatable bonds is 5. The van der Waals surface area contributed by atoms with E-state index in [2.05, 4.69) is 20.6 Å². The maximum absolute atomic E-state index is 13.6. The van der Waals surface area contributed by atoms with Gasteiger partial charge in [-0.1, -0.05) is 6.08 Å².